The zero-order valence-electron chi connectivity index (χ0n) is 13.7. The quantitative estimate of drug-likeness (QED) is 0.487. The van der Waals surface area contributed by atoms with Crippen molar-refractivity contribution >= 4 is 17.6 Å². The van der Waals surface area contributed by atoms with Crippen molar-refractivity contribution in [3.05, 3.63) is 101 Å². The van der Waals surface area contributed by atoms with Gasteiger partial charge in [-0.2, -0.15) is 0 Å². The number of methoxy groups -OCH3 is 1. The van der Waals surface area contributed by atoms with Crippen molar-refractivity contribution in [2.45, 2.75) is 5.60 Å². The van der Waals surface area contributed by atoms with E-state index in [1.165, 1.54) is 7.11 Å². The normalized spacial score (nSPS) is 11.1. The summed E-state index contributed by atoms with van der Waals surface area (Å²) in [5, 5.41) is 0.493. The second kappa shape index (κ2) is 7.51. The monoisotopic (exact) mass is 352 g/mol. The summed E-state index contributed by atoms with van der Waals surface area (Å²) < 4.78 is 11.4. The molecule has 3 aromatic carbocycles. The van der Waals surface area contributed by atoms with Gasteiger partial charge in [-0.25, -0.2) is 4.79 Å². The Kier molecular flexibility index (Phi) is 5.17. The number of rotatable bonds is 5. The highest BCUT2D eigenvalue weighted by Gasteiger charge is 2.44. The standard InChI is InChI=1S/C21H17ClO3/c1-24-21(16-9-4-2-5-10-16,17-11-6-3-7-12-17)20(23)25-19-14-8-13-18(22)15-19/h2-15H,1H3. The first-order chi connectivity index (χ1) is 12.2. The van der Waals surface area contributed by atoms with Gasteiger partial charge in [0, 0.05) is 12.1 Å². The van der Waals surface area contributed by atoms with Gasteiger partial charge in [-0.05, 0) is 29.3 Å². The molecule has 0 fully saturated rings. The summed E-state index contributed by atoms with van der Waals surface area (Å²) >= 11 is 5.99. The number of halogens is 1. The number of carbonyl (C=O) groups is 1. The average molecular weight is 353 g/mol. The van der Waals surface area contributed by atoms with Crippen molar-refractivity contribution in [1.29, 1.82) is 0 Å². The average Bonchev–Trinajstić information content (AvgIpc) is 2.65. The van der Waals surface area contributed by atoms with Gasteiger partial charge >= 0.3 is 5.97 Å². The van der Waals surface area contributed by atoms with E-state index in [1.54, 1.807) is 24.3 Å². The van der Waals surface area contributed by atoms with Crippen molar-refractivity contribution < 1.29 is 14.3 Å². The van der Waals surface area contributed by atoms with Crippen molar-refractivity contribution in [2.24, 2.45) is 0 Å². The lowest BCUT2D eigenvalue weighted by atomic mass is 9.86. The summed E-state index contributed by atoms with van der Waals surface area (Å²) in [6, 6.07) is 25.3. The predicted molar refractivity (Wildman–Crippen MR) is 97.8 cm³/mol. The van der Waals surface area contributed by atoms with Crippen LogP contribution in [0.1, 0.15) is 11.1 Å². The number of hydrogen-bond acceptors (Lipinski definition) is 3. The predicted octanol–water partition coefficient (Wildman–Crippen LogP) is 4.84. The molecule has 0 N–H and O–H groups in total. The third-order valence-corrected chi connectivity index (χ3v) is 4.20. The Morgan fingerprint density at radius 2 is 1.40 bits per heavy atom. The molecule has 4 heteroatoms. The molecule has 0 aromatic heterocycles. The smallest absolute Gasteiger partial charge is 0.353 e. The molecule has 0 saturated carbocycles. The van der Waals surface area contributed by atoms with E-state index in [-0.39, 0.29) is 0 Å². The number of carbonyl (C=O) groups excluding carboxylic acids is 1. The number of esters is 1. The van der Waals surface area contributed by atoms with E-state index in [0.717, 1.165) is 0 Å². The van der Waals surface area contributed by atoms with E-state index >= 15 is 0 Å². The Morgan fingerprint density at radius 1 is 0.840 bits per heavy atom. The fraction of sp³-hybridized carbons (Fsp3) is 0.0952. The molecule has 3 nitrogen and oxygen atoms in total. The number of benzene rings is 3. The summed E-state index contributed by atoms with van der Waals surface area (Å²) in [5.74, 6) is -0.166. The second-order valence-corrected chi connectivity index (χ2v) is 5.90. The Bertz CT molecular complexity index is 808. The molecule has 3 rings (SSSR count). The molecule has 0 bridgehead atoms. The first-order valence-corrected chi connectivity index (χ1v) is 8.18. The largest absolute Gasteiger partial charge is 0.424 e. The lowest BCUT2D eigenvalue weighted by molar-refractivity contribution is -0.155. The number of ether oxygens (including phenoxy) is 2. The highest BCUT2D eigenvalue weighted by molar-refractivity contribution is 6.30. The first kappa shape index (κ1) is 17.2. The Hall–Kier alpha value is -2.62. The van der Waals surface area contributed by atoms with Gasteiger partial charge in [0.15, 0.2) is 0 Å². The molecule has 0 aliphatic carbocycles. The van der Waals surface area contributed by atoms with Gasteiger partial charge < -0.3 is 9.47 Å². The van der Waals surface area contributed by atoms with Crippen molar-refractivity contribution in [3.8, 4) is 5.75 Å². The fourth-order valence-corrected chi connectivity index (χ4v) is 2.96. The van der Waals surface area contributed by atoms with E-state index in [1.807, 2.05) is 60.7 Å². The minimum absolute atomic E-state index is 0.366. The fourth-order valence-electron chi connectivity index (χ4n) is 2.78. The minimum atomic E-state index is -1.37. The van der Waals surface area contributed by atoms with Crippen LogP contribution >= 0.6 is 11.6 Å². The highest BCUT2D eigenvalue weighted by atomic mass is 35.5. The van der Waals surface area contributed by atoms with Crippen LogP contribution in [0.5, 0.6) is 5.75 Å². The maximum atomic E-state index is 13.2. The molecule has 0 aliphatic heterocycles. The summed E-state index contributed by atoms with van der Waals surface area (Å²) in [7, 11) is 1.50. The summed E-state index contributed by atoms with van der Waals surface area (Å²) in [5.41, 5.74) is 0.0108. The van der Waals surface area contributed by atoms with Crippen LogP contribution in [0.25, 0.3) is 0 Å². The lowest BCUT2D eigenvalue weighted by Gasteiger charge is -2.31. The SMILES string of the molecule is COC(C(=O)Oc1cccc(Cl)c1)(c1ccccc1)c1ccccc1. The van der Waals surface area contributed by atoms with Crippen LogP contribution in [-0.2, 0) is 15.1 Å². The maximum Gasteiger partial charge on any atom is 0.353 e. The lowest BCUT2D eigenvalue weighted by Crippen LogP contribution is -2.42. The van der Waals surface area contributed by atoms with Gasteiger partial charge in [0.05, 0.1) is 0 Å². The van der Waals surface area contributed by atoms with Gasteiger partial charge in [0.2, 0.25) is 5.60 Å². The zero-order valence-corrected chi connectivity index (χ0v) is 14.4. The molecule has 126 valence electrons. The molecule has 0 saturated heterocycles. The van der Waals surface area contributed by atoms with Crippen molar-refractivity contribution in [1.82, 2.24) is 0 Å². The minimum Gasteiger partial charge on any atom is -0.424 e. The Labute approximate surface area is 151 Å². The van der Waals surface area contributed by atoms with Gasteiger partial charge in [-0.3, -0.25) is 0 Å². The van der Waals surface area contributed by atoms with Gasteiger partial charge in [0.1, 0.15) is 5.75 Å². The molecule has 0 spiro atoms. The third kappa shape index (κ3) is 3.43. The Balaban J connectivity index is 2.09. The van der Waals surface area contributed by atoms with Crippen LogP contribution in [-0.4, -0.2) is 13.1 Å². The molecule has 0 unspecified atom stereocenters. The molecule has 25 heavy (non-hydrogen) atoms. The van der Waals surface area contributed by atoms with Gasteiger partial charge in [0.25, 0.3) is 0 Å². The van der Waals surface area contributed by atoms with Crippen LogP contribution in [0.15, 0.2) is 84.9 Å². The molecule has 0 heterocycles. The third-order valence-electron chi connectivity index (χ3n) is 3.96. The molecule has 0 amide bonds. The first-order valence-electron chi connectivity index (χ1n) is 7.81. The molecule has 0 atom stereocenters. The van der Waals surface area contributed by atoms with Crippen molar-refractivity contribution in [2.75, 3.05) is 7.11 Å². The summed E-state index contributed by atoms with van der Waals surface area (Å²) in [6.07, 6.45) is 0. The van der Waals surface area contributed by atoms with Crippen LogP contribution < -0.4 is 4.74 Å². The van der Waals surface area contributed by atoms with E-state index in [4.69, 9.17) is 21.1 Å². The van der Waals surface area contributed by atoms with Gasteiger partial charge in [-0.15, -0.1) is 0 Å². The maximum absolute atomic E-state index is 13.2. The van der Waals surface area contributed by atoms with E-state index in [9.17, 15) is 4.79 Å². The van der Waals surface area contributed by atoms with Crippen LogP contribution in [0.4, 0.5) is 0 Å². The summed E-state index contributed by atoms with van der Waals surface area (Å²) in [4.78, 5) is 13.2. The topological polar surface area (TPSA) is 35.5 Å². The van der Waals surface area contributed by atoms with Gasteiger partial charge in [-0.1, -0.05) is 78.3 Å². The van der Waals surface area contributed by atoms with Crippen LogP contribution in [0.2, 0.25) is 5.02 Å². The second-order valence-electron chi connectivity index (χ2n) is 5.46. The Morgan fingerprint density at radius 3 is 1.88 bits per heavy atom. The van der Waals surface area contributed by atoms with E-state index < -0.39 is 11.6 Å². The molecule has 0 radical (unpaired) electrons. The molecule has 0 aliphatic rings. The summed E-state index contributed by atoms with van der Waals surface area (Å²) in [6.45, 7) is 0. The number of hydrogen-bond donors (Lipinski definition) is 0. The molecular weight excluding hydrogens is 336 g/mol. The van der Waals surface area contributed by atoms with E-state index in [2.05, 4.69) is 0 Å². The van der Waals surface area contributed by atoms with Crippen LogP contribution in [0, 0.1) is 0 Å². The zero-order chi connectivity index (χ0) is 17.7. The highest BCUT2D eigenvalue weighted by Crippen LogP contribution is 2.35. The molecular formula is C21H17ClO3. The van der Waals surface area contributed by atoms with Crippen molar-refractivity contribution in [3.63, 3.8) is 0 Å². The van der Waals surface area contributed by atoms with E-state index in [0.29, 0.717) is 21.9 Å². The molecule has 3 aromatic rings. The van der Waals surface area contributed by atoms with Crippen LogP contribution in [0.3, 0.4) is 0 Å².